The summed E-state index contributed by atoms with van der Waals surface area (Å²) in [6, 6.07) is 8.06. The third-order valence-corrected chi connectivity index (χ3v) is 3.62. The monoisotopic (exact) mass is 273 g/mol. The molecular formula is C15H19N3O2. The summed E-state index contributed by atoms with van der Waals surface area (Å²) in [6.07, 6.45) is 3.82. The number of aromatic nitrogens is 2. The van der Waals surface area contributed by atoms with Crippen LogP contribution in [0.2, 0.25) is 0 Å². The van der Waals surface area contributed by atoms with Crippen molar-refractivity contribution in [2.45, 2.75) is 38.3 Å². The van der Waals surface area contributed by atoms with Crippen LogP contribution in [0.1, 0.15) is 35.7 Å². The summed E-state index contributed by atoms with van der Waals surface area (Å²) >= 11 is 0. The number of hydrogen-bond donors (Lipinski definition) is 1. The van der Waals surface area contributed by atoms with E-state index in [1.165, 1.54) is 0 Å². The van der Waals surface area contributed by atoms with Gasteiger partial charge < -0.3 is 15.0 Å². The average Bonchev–Trinajstić information content (AvgIpc) is 3.12. The first-order chi connectivity index (χ1) is 9.85. The van der Waals surface area contributed by atoms with Crippen LogP contribution in [0.3, 0.4) is 0 Å². The van der Waals surface area contributed by atoms with Gasteiger partial charge in [0.2, 0.25) is 5.89 Å². The molecule has 2 aromatic rings. The molecular weight excluding hydrogens is 254 g/mol. The second-order valence-electron chi connectivity index (χ2n) is 5.09. The van der Waals surface area contributed by atoms with Crippen molar-refractivity contribution in [1.82, 2.24) is 10.1 Å². The molecule has 0 aliphatic carbocycles. The van der Waals surface area contributed by atoms with Crippen molar-refractivity contribution in [3.63, 3.8) is 0 Å². The van der Waals surface area contributed by atoms with Crippen LogP contribution in [-0.4, -0.2) is 22.9 Å². The van der Waals surface area contributed by atoms with Crippen LogP contribution in [0.4, 0.5) is 0 Å². The molecule has 1 fully saturated rings. The van der Waals surface area contributed by atoms with E-state index in [2.05, 4.69) is 10.1 Å². The lowest BCUT2D eigenvalue weighted by Crippen LogP contribution is -2.10. The molecule has 2 heterocycles. The molecule has 1 unspecified atom stereocenters. The first-order valence-electron chi connectivity index (χ1n) is 7.05. The molecule has 1 aliphatic rings. The topological polar surface area (TPSA) is 74.2 Å². The van der Waals surface area contributed by atoms with Crippen molar-refractivity contribution in [3.05, 3.63) is 47.1 Å². The Kier molecular flexibility index (Phi) is 4.08. The maximum atomic E-state index is 5.74. The third kappa shape index (κ3) is 3.05. The molecule has 0 spiro atoms. The van der Waals surface area contributed by atoms with Crippen molar-refractivity contribution in [2.75, 3.05) is 6.61 Å². The lowest BCUT2D eigenvalue weighted by atomic mass is 10.0. The Morgan fingerprint density at radius 1 is 1.25 bits per heavy atom. The van der Waals surface area contributed by atoms with Crippen LogP contribution in [0, 0.1) is 0 Å². The summed E-state index contributed by atoms with van der Waals surface area (Å²) in [7, 11) is 0. The number of nitrogens with two attached hydrogens (primary N) is 1. The van der Waals surface area contributed by atoms with Gasteiger partial charge >= 0.3 is 0 Å². The normalized spacial score (nSPS) is 18.6. The summed E-state index contributed by atoms with van der Waals surface area (Å²) in [4.78, 5) is 4.45. The van der Waals surface area contributed by atoms with Gasteiger partial charge in [0.1, 0.15) is 0 Å². The first kappa shape index (κ1) is 13.3. The number of ether oxygens (including phenoxy) is 1. The Bertz CT molecular complexity index is 562. The zero-order valence-electron chi connectivity index (χ0n) is 11.4. The molecule has 5 heteroatoms. The number of hydrogen-bond acceptors (Lipinski definition) is 5. The van der Waals surface area contributed by atoms with Crippen molar-refractivity contribution in [1.29, 1.82) is 0 Å². The highest BCUT2D eigenvalue weighted by atomic mass is 16.5. The van der Waals surface area contributed by atoms with Crippen LogP contribution in [0.15, 0.2) is 28.8 Å². The maximum absolute atomic E-state index is 5.74. The zero-order valence-corrected chi connectivity index (χ0v) is 11.4. The molecule has 106 valence electrons. The van der Waals surface area contributed by atoms with Crippen molar-refractivity contribution in [2.24, 2.45) is 5.73 Å². The Balaban J connectivity index is 1.67. The highest BCUT2D eigenvalue weighted by Gasteiger charge is 2.19. The van der Waals surface area contributed by atoms with Crippen molar-refractivity contribution < 1.29 is 9.26 Å². The fourth-order valence-corrected chi connectivity index (χ4v) is 2.55. The molecule has 2 N–H and O–H groups in total. The zero-order chi connectivity index (χ0) is 13.8. The van der Waals surface area contributed by atoms with Gasteiger partial charge in [0.15, 0.2) is 5.82 Å². The smallest absolute Gasteiger partial charge is 0.231 e. The van der Waals surface area contributed by atoms with E-state index in [1.807, 2.05) is 24.3 Å². The molecule has 1 atom stereocenters. The Morgan fingerprint density at radius 2 is 2.10 bits per heavy atom. The van der Waals surface area contributed by atoms with Gasteiger partial charge in [0.05, 0.1) is 12.5 Å². The lowest BCUT2D eigenvalue weighted by Gasteiger charge is -2.04. The number of nitrogens with zero attached hydrogens (tertiary/aromatic N) is 2. The fourth-order valence-electron chi connectivity index (χ4n) is 2.55. The van der Waals surface area contributed by atoms with Gasteiger partial charge in [-0.25, -0.2) is 0 Å². The number of benzene rings is 1. The summed E-state index contributed by atoms with van der Waals surface area (Å²) in [5.74, 6) is 1.37. The molecule has 0 amide bonds. The van der Waals surface area contributed by atoms with Crippen LogP contribution < -0.4 is 5.73 Å². The minimum absolute atomic E-state index is 0.247. The van der Waals surface area contributed by atoms with E-state index in [0.29, 0.717) is 18.9 Å². The van der Waals surface area contributed by atoms with Gasteiger partial charge in [0.25, 0.3) is 0 Å². The molecule has 1 saturated heterocycles. The molecule has 5 nitrogen and oxygen atoms in total. The van der Waals surface area contributed by atoms with Gasteiger partial charge in [-0.3, -0.25) is 0 Å². The van der Waals surface area contributed by atoms with E-state index in [-0.39, 0.29) is 6.10 Å². The fraction of sp³-hybridized carbons (Fsp3) is 0.467. The highest BCUT2D eigenvalue weighted by molar-refractivity contribution is 5.29. The predicted molar refractivity (Wildman–Crippen MR) is 74.1 cm³/mol. The maximum Gasteiger partial charge on any atom is 0.231 e. The molecule has 1 aromatic carbocycles. The van der Waals surface area contributed by atoms with E-state index >= 15 is 0 Å². The van der Waals surface area contributed by atoms with Crippen molar-refractivity contribution in [3.8, 4) is 0 Å². The Morgan fingerprint density at radius 3 is 2.85 bits per heavy atom. The van der Waals surface area contributed by atoms with Crippen LogP contribution in [-0.2, 0) is 24.1 Å². The van der Waals surface area contributed by atoms with E-state index in [4.69, 9.17) is 15.0 Å². The van der Waals surface area contributed by atoms with Gasteiger partial charge in [0, 0.05) is 19.6 Å². The highest BCUT2D eigenvalue weighted by Crippen LogP contribution is 2.17. The SMILES string of the molecule is NCc1ccccc1Cc1nc(CC2CCCO2)no1. The van der Waals surface area contributed by atoms with Crippen LogP contribution >= 0.6 is 0 Å². The van der Waals surface area contributed by atoms with Crippen LogP contribution in [0.25, 0.3) is 0 Å². The molecule has 20 heavy (non-hydrogen) atoms. The summed E-state index contributed by atoms with van der Waals surface area (Å²) in [6.45, 7) is 1.37. The van der Waals surface area contributed by atoms with Gasteiger partial charge in [-0.05, 0) is 24.0 Å². The third-order valence-electron chi connectivity index (χ3n) is 3.62. The summed E-state index contributed by atoms with van der Waals surface area (Å²) in [5.41, 5.74) is 7.99. The molecule has 3 rings (SSSR count). The summed E-state index contributed by atoms with van der Waals surface area (Å²) < 4.78 is 10.9. The van der Waals surface area contributed by atoms with Gasteiger partial charge in [-0.15, -0.1) is 0 Å². The largest absolute Gasteiger partial charge is 0.378 e. The summed E-state index contributed by atoms with van der Waals surface area (Å²) in [5, 5.41) is 4.03. The van der Waals surface area contributed by atoms with Gasteiger partial charge in [-0.1, -0.05) is 29.4 Å². The van der Waals surface area contributed by atoms with E-state index < -0.39 is 0 Å². The first-order valence-corrected chi connectivity index (χ1v) is 7.05. The second-order valence-corrected chi connectivity index (χ2v) is 5.09. The van der Waals surface area contributed by atoms with Crippen molar-refractivity contribution >= 4 is 0 Å². The predicted octanol–water partition coefficient (Wildman–Crippen LogP) is 1.84. The minimum Gasteiger partial charge on any atom is -0.378 e. The quantitative estimate of drug-likeness (QED) is 0.899. The molecule has 0 saturated carbocycles. The molecule has 0 radical (unpaired) electrons. The Labute approximate surface area is 118 Å². The molecule has 1 aromatic heterocycles. The minimum atomic E-state index is 0.247. The van der Waals surface area contributed by atoms with Crippen LogP contribution in [0.5, 0.6) is 0 Å². The van der Waals surface area contributed by atoms with E-state index in [1.54, 1.807) is 0 Å². The molecule has 1 aliphatic heterocycles. The lowest BCUT2D eigenvalue weighted by molar-refractivity contribution is 0.109. The second kappa shape index (κ2) is 6.15. The van der Waals surface area contributed by atoms with Gasteiger partial charge in [-0.2, -0.15) is 4.98 Å². The molecule has 0 bridgehead atoms. The standard InChI is InChI=1S/C15H19N3O2/c16-10-12-5-2-1-4-11(12)8-15-17-14(18-20-15)9-13-6-3-7-19-13/h1-2,4-5,13H,3,6-10,16H2. The Hall–Kier alpha value is -1.72. The van der Waals surface area contributed by atoms with E-state index in [0.717, 1.165) is 42.8 Å². The van der Waals surface area contributed by atoms with E-state index in [9.17, 15) is 0 Å². The number of rotatable bonds is 5. The average molecular weight is 273 g/mol.